The Balaban J connectivity index is 2.95. The number of imidazole rings is 1. The van der Waals surface area contributed by atoms with Crippen LogP contribution < -0.4 is 5.73 Å². The second kappa shape index (κ2) is 5.85. The van der Waals surface area contributed by atoms with E-state index in [1.165, 1.54) is 5.69 Å². The van der Waals surface area contributed by atoms with E-state index < -0.39 is 0 Å². The van der Waals surface area contributed by atoms with E-state index in [1.807, 2.05) is 18.6 Å². The predicted octanol–water partition coefficient (Wildman–Crippen LogP) is 2.72. The molecule has 0 aliphatic rings. The molecule has 0 aliphatic heterocycles. The van der Waals surface area contributed by atoms with E-state index in [2.05, 4.69) is 36.9 Å². The summed E-state index contributed by atoms with van der Waals surface area (Å²) in [6.07, 6.45) is 6.74. The van der Waals surface area contributed by atoms with Crippen LogP contribution in [0, 0.1) is 5.92 Å². The van der Waals surface area contributed by atoms with Gasteiger partial charge in [-0.25, -0.2) is 4.98 Å². The zero-order valence-electron chi connectivity index (χ0n) is 10.6. The highest BCUT2D eigenvalue weighted by atomic mass is 15.1. The third kappa shape index (κ3) is 2.73. The third-order valence-electron chi connectivity index (χ3n) is 3.12. The summed E-state index contributed by atoms with van der Waals surface area (Å²) in [6.45, 7) is 11.0. The Morgan fingerprint density at radius 1 is 1.50 bits per heavy atom. The van der Waals surface area contributed by atoms with Gasteiger partial charge in [-0.3, -0.25) is 0 Å². The van der Waals surface area contributed by atoms with Gasteiger partial charge in [-0.1, -0.05) is 19.9 Å². The molecular weight excluding hydrogens is 198 g/mol. The Morgan fingerprint density at radius 2 is 2.19 bits per heavy atom. The summed E-state index contributed by atoms with van der Waals surface area (Å²) in [5, 5.41) is 0. The van der Waals surface area contributed by atoms with Crippen LogP contribution in [0.1, 0.15) is 44.8 Å². The minimum Gasteiger partial charge on any atom is -0.331 e. The molecule has 0 saturated carbocycles. The SMILES string of the molecule is C=CCC(C)n1cncc1C(CN)C(C)C. The van der Waals surface area contributed by atoms with Gasteiger partial charge in [0, 0.05) is 30.4 Å². The fourth-order valence-electron chi connectivity index (χ4n) is 2.06. The van der Waals surface area contributed by atoms with E-state index in [4.69, 9.17) is 5.73 Å². The second-order valence-electron chi connectivity index (χ2n) is 4.69. The van der Waals surface area contributed by atoms with Gasteiger partial charge in [0.25, 0.3) is 0 Å². The van der Waals surface area contributed by atoms with Gasteiger partial charge in [-0.05, 0) is 19.3 Å². The highest BCUT2D eigenvalue weighted by molar-refractivity contribution is 5.09. The average Bonchev–Trinajstić information content (AvgIpc) is 2.67. The number of allylic oxidation sites excluding steroid dienone is 1. The molecule has 1 aromatic heterocycles. The lowest BCUT2D eigenvalue weighted by molar-refractivity contribution is 0.445. The minimum absolute atomic E-state index is 0.384. The van der Waals surface area contributed by atoms with Gasteiger partial charge in [0.2, 0.25) is 0 Å². The van der Waals surface area contributed by atoms with E-state index in [1.54, 1.807) is 0 Å². The first-order valence-electron chi connectivity index (χ1n) is 5.94. The van der Waals surface area contributed by atoms with Crippen LogP contribution in [-0.4, -0.2) is 16.1 Å². The fourth-order valence-corrected chi connectivity index (χ4v) is 2.06. The number of hydrogen-bond donors (Lipinski definition) is 1. The normalized spacial score (nSPS) is 15.1. The predicted molar refractivity (Wildman–Crippen MR) is 68.4 cm³/mol. The molecule has 0 radical (unpaired) electrons. The molecule has 3 nitrogen and oxygen atoms in total. The molecule has 1 heterocycles. The van der Waals surface area contributed by atoms with Crippen molar-refractivity contribution >= 4 is 0 Å². The van der Waals surface area contributed by atoms with Crippen molar-refractivity contribution in [1.29, 1.82) is 0 Å². The van der Waals surface area contributed by atoms with Crippen LogP contribution in [0.25, 0.3) is 0 Å². The molecule has 0 spiro atoms. The highest BCUT2D eigenvalue weighted by Gasteiger charge is 2.19. The van der Waals surface area contributed by atoms with Crippen molar-refractivity contribution in [3.63, 3.8) is 0 Å². The van der Waals surface area contributed by atoms with Crippen LogP contribution >= 0.6 is 0 Å². The van der Waals surface area contributed by atoms with Gasteiger partial charge >= 0.3 is 0 Å². The Labute approximate surface area is 98.4 Å². The Kier molecular flexibility index (Phi) is 4.74. The van der Waals surface area contributed by atoms with Gasteiger partial charge < -0.3 is 10.3 Å². The topological polar surface area (TPSA) is 43.8 Å². The van der Waals surface area contributed by atoms with E-state index in [-0.39, 0.29) is 0 Å². The quantitative estimate of drug-likeness (QED) is 0.751. The summed E-state index contributed by atoms with van der Waals surface area (Å²) in [5.41, 5.74) is 7.09. The molecule has 0 aromatic carbocycles. The van der Waals surface area contributed by atoms with Crippen LogP contribution in [0.5, 0.6) is 0 Å². The number of nitrogens with two attached hydrogens (primary N) is 1. The first-order chi connectivity index (χ1) is 7.61. The van der Waals surface area contributed by atoms with Gasteiger partial charge in [0.05, 0.1) is 6.33 Å². The monoisotopic (exact) mass is 221 g/mol. The molecule has 1 rings (SSSR count). The fraction of sp³-hybridized carbons (Fsp3) is 0.615. The molecule has 2 N–H and O–H groups in total. The molecule has 0 aliphatic carbocycles. The molecule has 2 atom stereocenters. The summed E-state index contributed by atoms with van der Waals surface area (Å²) < 4.78 is 2.22. The first kappa shape index (κ1) is 13.0. The summed E-state index contributed by atoms with van der Waals surface area (Å²) in [6, 6.07) is 0.405. The van der Waals surface area contributed by atoms with Gasteiger partial charge in [-0.2, -0.15) is 0 Å². The molecular formula is C13H23N3. The van der Waals surface area contributed by atoms with Crippen molar-refractivity contribution in [2.45, 2.75) is 39.2 Å². The number of hydrogen-bond acceptors (Lipinski definition) is 2. The maximum atomic E-state index is 5.85. The van der Waals surface area contributed by atoms with E-state index >= 15 is 0 Å². The summed E-state index contributed by atoms with van der Waals surface area (Å²) in [4.78, 5) is 4.25. The van der Waals surface area contributed by atoms with Crippen molar-refractivity contribution in [2.24, 2.45) is 11.7 Å². The lowest BCUT2D eigenvalue weighted by Gasteiger charge is -2.23. The van der Waals surface area contributed by atoms with Crippen molar-refractivity contribution in [3.8, 4) is 0 Å². The second-order valence-corrected chi connectivity index (χ2v) is 4.69. The van der Waals surface area contributed by atoms with Crippen LogP contribution in [0.3, 0.4) is 0 Å². The number of rotatable bonds is 6. The highest BCUT2D eigenvalue weighted by Crippen LogP contribution is 2.26. The number of aromatic nitrogens is 2. The van der Waals surface area contributed by atoms with E-state index in [0.717, 1.165) is 6.42 Å². The lowest BCUT2D eigenvalue weighted by atomic mass is 9.92. The van der Waals surface area contributed by atoms with Crippen molar-refractivity contribution in [2.75, 3.05) is 6.54 Å². The molecule has 0 bridgehead atoms. The zero-order chi connectivity index (χ0) is 12.1. The molecule has 3 heteroatoms. The van der Waals surface area contributed by atoms with E-state index in [0.29, 0.717) is 24.4 Å². The van der Waals surface area contributed by atoms with Crippen LogP contribution in [0.15, 0.2) is 25.2 Å². The molecule has 0 fully saturated rings. The van der Waals surface area contributed by atoms with Crippen LogP contribution in [0.4, 0.5) is 0 Å². The zero-order valence-corrected chi connectivity index (χ0v) is 10.6. The van der Waals surface area contributed by atoms with Gasteiger partial charge in [0.1, 0.15) is 0 Å². The molecule has 0 amide bonds. The Hall–Kier alpha value is -1.09. The van der Waals surface area contributed by atoms with E-state index in [9.17, 15) is 0 Å². The lowest BCUT2D eigenvalue weighted by Crippen LogP contribution is -2.22. The van der Waals surface area contributed by atoms with Crippen LogP contribution in [0.2, 0.25) is 0 Å². The minimum atomic E-state index is 0.384. The first-order valence-corrected chi connectivity index (χ1v) is 5.94. The molecule has 0 saturated heterocycles. The smallest absolute Gasteiger partial charge is 0.0950 e. The number of nitrogens with zero attached hydrogens (tertiary/aromatic N) is 2. The van der Waals surface area contributed by atoms with Crippen molar-refractivity contribution in [3.05, 3.63) is 30.9 Å². The average molecular weight is 221 g/mol. The Morgan fingerprint density at radius 3 is 2.69 bits per heavy atom. The molecule has 2 unspecified atom stereocenters. The summed E-state index contributed by atoms with van der Waals surface area (Å²) in [5.74, 6) is 0.922. The molecule has 16 heavy (non-hydrogen) atoms. The van der Waals surface area contributed by atoms with Crippen LogP contribution in [-0.2, 0) is 0 Å². The van der Waals surface area contributed by atoms with Crippen molar-refractivity contribution < 1.29 is 0 Å². The Bertz CT molecular complexity index is 328. The summed E-state index contributed by atoms with van der Waals surface area (Å²) in [7, 11) is 0. The molecule has 90 valence electrons. The maximum absolute atomic E-state index is 5.85. The standard InChI is InChI=1S/C13H23N3/c1-5-6-11(4)16-9-15-8-13(16)12(7-14)10(2)3/h5,8-12H,1,6-7,14H2,2-4H3. The van der Waals surface area contributed by atoms with Crippen molar-refractivity contribution in [1.82, 2.24) is 9.55 Å². The largest absolute Gasteiger partial charge is 0.331 e. The summed E-state index contributed by atoms with van der Waals surface area (Å²) >= 11 is 0. The maximum Gasteiger partial charge on any atom is 0.0950 e. The third-order valence-corrected chi connectivity index (χ3v) is 3.12. The van der Waals surface area contributed by atoms with Gasteiger partial charge in [-0.15, -0.1) is 6.58 Å². The van der Waals surface area contributed by atoms with Gasteiger partial charge in [0.15, 0.2) is 0 Å². The molecule has 1 aromatic rings.